The summed E-state index contributed by atoms with van der Waals surface area (Å²) in [5.74, 6) is 1.79. The smallest absolute Gasteiger partial charge is 0.243 e. The Balaban J connectivity index is 1.33. The van der Waals surface area contributed by atoms with Crippen LogP contribution < -0.4 is 20.1 Å². The molecule has 2 aromatic carbocycles. The van der Waals surface area contributed by atoms with E-state index in [0.29, 0.717) is 31.2 Å². The summed E-state index contributed by atoms with van der Waals surface area (Å²) >= 11 is 0. The van der Waals surface area contributed by atoms with Crippen LogP contribution in [0, 0.1) is 5.92 Å². The number of hydrogen-bond donors (Lipinski definition) is 2. The number of hydrogen-bond acceptors (Lipinski definition) is 4. The van der Waals surface area contributed by atoms with Crippen LogP contribution in [0.3, 0.4) is 0 Å². The molecule has 1 unspecified atom stereocenters. The maximum Gasteiger partial charge on any atom is 0.243 e. The monoisotopic (exact) mass is 380 g/mol. The number of carbonyl (C=O) groups is 2. The first kappa shape index (κ1) is 18.3. The van der Waals surface area contributed by atoms with Gasteiger partial charge in [-0.2, -0.15) is 0 Å². The van der Waals surface area contributed by atoms with Crippen LogP contribution in [-0.2, 0) is 9.59 Å². The minimum absolute atomic E-state index is 0.0355. The highest BCUT2D eigenvalue weighted by molar-refractivity contribution is 5.94. The molecule has 6 nitrogen and oxygen atoms in total. The number of amides is 2. The van der Waals surface area contributed by atoms with Gasteiger partial charge in [0.05, 0.1) is 6.54 Å². The Bertz CT molecular complexity index is 849. The second-order valence-corrected chi connectivity index (χ2v) is 7.24. The lowest BCUT2D eigenvalue weighted by Gasteiger charge is -2.22. The van der Waals surface area contributed by atoms with Gasteiger partial charge in [-0.15, -0.1) is 0 Å². The molecule has 0 aromatic heterocycles. The van der Waals surface area contributed by atoms with Crippen LogP contribution in [0.1, 0.15) is 30.7 Å². The van der Waals surface area contributed by atoms with Crippen molar-refractivity contribution < 1.29 is 19.1 Å². The van der Waals surface area contributed by atoms with Crippen LogP contribution in [-0.4, -0.2) is 31.6 Å². The Labute approximate surface area is 164 Å². The number of anilines is 1. The average molecular weight is 380 g/mol. The number of fused-ring (bicyclic) bond motifs is 1. The number of para-hydroxylation sites is 1. The molecule has 2 amide bonds. The zero-order valence-electron chi connectivity index (χ0n) is 15.6. The maximum atomic E-state index is 12.5. The normalized spacial score (nSPS) is 16.1. The predicted octanol–water partition coefficient (Wildman–Crippen LogP) is 3.10. The second-order valence-electron chi connectivity index (χ2n) is 7.24. The molecule has 1 atom stereocenters. The summed E-state index contributed by atoms with van der Waals surface area (Å²) < 4.78 is 11.3. The van der Waals surface area contributed by atoms with Crippen LogP contribution in [0.2, 0.25) is 0 Å². The molecule has 1 aliphatic heterocycles. The Kier molecular flexibility index (Phi) is 5.46. The fourth-order valence-corrected chi connectivity index (χ4v) is 3.52. The molecule has 0 saturated heterocycles. The lowest BCUT2D eigenvalue weighted by Crippen LogP contribution is -2.33. The molecule has 0 bridgehead atoms. The molecule has 0 spiro atoms. The first-order valence-corrected chi connectivity index (χ1v) is 9.70. The molecule has 2 N–H and O–H groups in total. The van der Waals surface area contributed by atoms with Crippen molar-refractivity contribution in [3.05, 3.63) is 54.1 Å². The molecule has 2 aliphatic rings. The SMILES string of the molecule is O=C(CC(c1ccc2c(c1)OCCO2)C1CC1)NCC(=O)Nc1ccccc1. The average Bonchev–Trinajstić information content (AvgIpc) is 3.56. The van der Waals surface area contributed by atoms with Gasteiger partial charge in [-0.1, -0.05) is 24.3 Å². The number of ether oxygens (including phenoxy) is 2. The van der Waals surface area contributed by atoms with Crippen molar-refractivity contribution in [2.45, 2.75) is 25.2 Å². The molecule has 1 fully saturated rings. The standard InChI is InChI=1S/C22H24N2O4/c25-21(23-14-22(26)24-17-4-2-1-3-5-17)13-18(15-6-7-15)16-8-9-19-20(12-16)28-11-10-27-19/h1-5,8-9,12,15,18H,6-7,10-11,13-14H2,(H,23,25)(H,24,26). The van der Waals surface area contributed by atoms with Crippen molar-refractivity contribution in [2.75, 3.05) is 25.1 Å². The van der Waals surface area contributed by atoms with Crippen molar-refractivity contribution in [1.29, 1.82) is 0 Å². The molecule has 1 aliphatic carbocycles. The summed E-state index contributed by atoms with van der Waals surface area (Å²) in [4.78, 5) is 24.5. The van der Waals surface area contributed by atoms with E-state index in [1.54, 1.807) is 0 Å². The Morgan fingerprint density at radius 2 is 1.71 bits per heavy atom. The van der Waals surface area contributed by atoms with Gasteiger partial charge in [-0.05, 0) is 54.5 Å². The van der Waals surface area contributed by atoms with E-state index in [1.165, 1.54) is 0 Å². The number of benzene rings is 2. The number of carbonyl (C=O) groups excluding carboxylic acids is 2. The van der Waals surface area contributed by atoms with Gasteiger partial charge in [0.1, 0.15) is 13.2 Å². The van der Waals surface area contributed by atoms with Crippen molar-refractivity contribution in [3.63, 3.8) is 0 Å². The maximum absolute atomic E-state index is 12.5. The van der Waals surface area contributed by atoms with Crippen LogP contribution in [0.25, 0.3) is 0 Å². The summed E-state index contributed by atoms with van der Waals surface area (Å²) in [5, 5.41) is 5.51. The van der Waals surface area contributed by atoms with Crippen LogP contribution in [0.5, 0.6) is 11.5 Å². The van der Waals surface area contributed by atoms with Crippen LogP contribution >= 0.6 is 0 Å². The van der Waals surface area contributed by atoms with Gasteiger partial charge in [-0.3, -0.25) is 9.59 Å². The third kappa shape index (κ3) is 4.63. The summed E-state index contributed by atoms with van der Waals surface area (Å²) in [6.45, 7) is 1.07. The van der Waals surface area contributed by atoms with Gasteiger partial charge in [0, 0.05) is 12.1 Å². The highest BCUT2D eigenvalue weighted by Crippen LogP contribution is 2.46. The first-order valence-electron chi connectivity index (χ1n) is 9.70. The Morgan fingerprint density at radius 1 is 0.964 bits per heavy atom. The van der Waals surface area contributed by atoms with Crippen molar-refractivity contribution in [1.82, 2.24) is 5.32 Å². The van der Waals surface area contributed by atoms with E-state index in [4.69, 9.17) is 9.47 Å². The zero-order chi connectivity index (χ0) is 19.3. The molecule has 1 heterocycles. The third-order valence-corrected chi connectivity index (χ3v) is 5.09. The van der Waals surface area contributed by atoms with Gasteiger partial charge in [0.15, 0.2) is 11.5 Å². The lowest BCUT2D eigenvalue weighted by atomic mass is 9.90. The van der Waals surface area contributed by atoms with Crippen LogP contribution in [0.4, 0.5) is 5.69 Å². The summed E-state index contributed by atoms with van der Waals surface area (Å²) in [7, 11) is 0. The van der Waals surface area contributed by atoms with Crippen molar-refractivity contribution >= 4 is 17.5 Å². The Morgan fingerprint density at radius 3 is 2.46 bits per heavy atom. The molecule has 6 heteroatoms. The summed E-state index contributed by atoms with van der Waals surface area (Å²) in [6.07, 6.45) is 2.62. The molecule has 28 heavy (non-hydrogen) atoms. The van der Waals surface area contributed by atoms with E-state index < -0.39 is 0 Å². The Hall–Kier alpha value is -3.02. The second kappa shape index (κ2) is 8.33. The van der Waals surface area contributed by atoms with E-state index >= 15 is 0 Å². The van der Waals surface area contributed by atoms with Gasteiger partial charge in [0.25, 0.3) is 0 Å². The van der Waals surface area contributed by atoms with Crippen LogP contribution in [0.15, 0.2) is 48.5 Å². The highest BCUT2D eigenvalue weighted by Gasteiger charge is 2.34. The summed E-state index contributed by atoms with van der Waals surface area (Å²) in [6, 6.07) is 15.1. The molecular weight excluding hydrogens is 356 g/mol. The van der Waals surface area contributed by atoms with E-state index in [1.807, 2.05) is 48.5 Å². The first-order chi connectivity index (χ1) is 13.7. The van der Waals surface area contributed by atoms with Gasteiger partial charge in [-0.25, -0.2) is 0 Å². The molecule has 2 aromatic rings. The molecule has 0 radical (unpaired) electrons. The van der Waals surface area contributed by atoms with E-state index in [2.05, 4.69) is 10.6 Å². The molecule has 1 saturated carbocycles. The van der Waals surface area contributed by atoms with Gasteiger partial charge in [0.2, 0.25) is 11.8 Å². The number of rotatable bonds is 7. The largest absolute Gasteiger partial charge is 0.486 e. The quantitative estimate of drug-likeness (QED) is 0.774. The van der Waals surface area contributed by atoms with Gasteiger partial charge < -0.3 is 20.1 Å². The van der Waals surface area contributed by atoms with Crippen molar-refractivity contribution in [3.8, 4) is 11.5 Å². The number of nitrogens with one attached hydrogen (secondary N) is 2. The van der Waals surface area contributed by atoms with E-state index in [0.717, 1.165) is 29.9 Å². The third-order valence-electron chi connectivity index (χ3n) is 5.09. The van der Waals surface area contributed by atoms with E-state index in [9.17, 15) is 9.59 Å². The molecule has 146 valence electrons. The minimum atomic E-state index is -0.234. The lowest BCUT2D eigenvalue weighted by molar-refractivity contribution is -0.124. The fraction of sp³-hybridized carbons (Fsp3) is 0.364. The summed E-state index contributed by atoms with van der Waals surface area (Å²) in [5.41, 5.74) is 1.81. The molecular formula is C22H24N2O4. The van der Waals surface area contributed by atoms with Crippen molar-refractivity contribution in [2.24, 2.45) is 5.92 Å². The predicted molar refractivity (Wildman–Crippen MR) is 106 cm³/mol. The minimum Gasteiger partial charge on any atom is -0.486 e. The zero-order valence-corrected chi connectivity index (χ0v) is 15.6. The molecule has 4 rings (SSSR count). The van der Waals surface area contributed by atoms with E-state index in [-0.39, 0.29) is 24.3 Å². The fourth-order valence-electron chi connectivity index (χ4n) is 3.52. The topological polar surface area (TPSA) is 76.7 Å². The highest BCUT2D eigenvalue weighted by atomic mass is 16.6. The van der Waals surface area contributed by atoms with Gasteiger partial charge >= 0.3 is 0 Å².